The van der Waals surface area contributed by atoms with Gasteiger partial charge in [-0.25, -0.2) is 9.97 Å². The van der Waals surface area contributed by atoms with Crippen LogP contribution in [-0.2, 0) is 6.54 Å². The lowest BCUT2D eigenvalue weighted by molar-refractivity contribution is 0.758. The molecule has 0 aliphatic carbocycles. The van der Waals surface area contributed by atoms with Gasteiger partial charge in [0, 0.05) is 29.8 Å². The molecule has 3 rings (SSSR count). The van der Waals surface area contributed by atoms with Crippen molar-refractivity contribution in [3.63, 3.8) is 0 Å². The molecule has 0 radical (unpaired) electrons. The van der Waals surface area contributed by atoms with E-state index in [1.165, 1.54) is 0 Å². The summed E-state index contributed by atoms with van der Waals surface area (Å²) in [6, 6.07) is 7.59. The molecule has 0 spiro atoms. The van der Waals surface area contributed by atoms with E-state index in [-0.39, 0.29) is 0 Å². The lowest BCUT2D eigenvalue weighted by atomic mass is 10.2. The summed E-state index contributed by atoms with van der Waals surface area (Å²) in [6.45, 7) is 4.61. The zero-order valence-corrected chi connectivity index (χ0v) is 13.7. The van der Waals surface area contributed by atoms with Crippen molar-refractivity contribution in [1.29, 1.82) is 0 Å². The Morgan fingerprint density at radius 2 is 2.00 bits per heavy atom. The Hall–Kier alpha value is -2.64. The van der Waals surface area contributed by atoms with Crippen molar-refractivity contribution >= 4 is 11.6 Å². The standard InChI is InChI=1S/C18H15ClN4/c1-13-9-15(7-8-20-13)3-5-17-12-23(14(2)22-17)11-16-4-6-18(19)21-10-16/h4,6-10,12H,11H2,1-2H3. The number of hydrogen-bond acceptors (Lipinski definition) is 3. The summed E-state index contributed by atoms with van der Waals surface area (Å²) in [5, 5.41) is 0.496. The van der Waals surface area contributed by atoms with Crippen LogP contribution in [-0.4, -0.2) is 19.5 Å². The highest BCUT2D eigenvalue weighted by molar-refractivity contribution is 6.29. The molecule has 114 valence electrons. The van der Waals surface area contributed by atoms with Crippen molar-refractivity contribution in [3.8, 4) is 11.8 Å². The first-order valence-electron chi connectivity index (χ1n) is 7.19. The monoisotopic (exact) mass is 322 g/mol. The van der Waals surface area contributed by atoms with Crippen LogP contribution < -0.4 is 0 Å². The average Bonchev–Trinajstić information content (AvgIpc) is 2.88. The van der Waals surface area contributed by atoms with Crippen LogP contribution in [0, 0.1) is 25.7 Å². The summed E-state index contributed by atoms with van der Waals surface area (Å²) < 4.78 is 2.05. The number of imidazole rings is 1. The predicted molar refractivity (Wildman–Crippen MR) is 90.3 cm³/mol. The van der Waals surface area contributed by atoms with E-state index in [2.05, 4.69) is 26.8 Å². The van der Waals surface area contributed by atoms with E-state index in [0.717, 1.165) is 28.3 Å². The molecule has 0 atom stereocenters. The molecule has 4 nitrogen and oxygen atoms in total. The minimum absolute atomic E-state index is 0.496. The van der Waals surface area contributed by atoms with Gasteiger partial charge < -0.3 is 4.57 Å². The molecule has 0 saturated heterocycles. The summed E-state index contributed by atoms with van der Waals surface area (Å²) in [5.41, 5.74) is 3.71. The van der Waals surface area contributed by atoms with Gasteiger partial charge in [0.15, 0.2) is 0 Å². The fraction of sp³-hybridized carbons (Fsp3) is 0.167. The molecule has 0 fully saturated rings. The van der Waals surface area contributed by atoms with Gasteiger partial charge in [0.25, 0.3) is 0 Å². The number of aryl methyl sites for hydroxylation is 2. The summed E-state index contributed by atoms with van der Waals surface area (Å²) >= 11 is 5.81. The number of halogens is 1. The first-order valence-corrected chi connectivity index (χ1v) is 7.57. The van der Waals surface area contributed by atoms with Crippen LogP contribution in [0.15, 0.2) is 42.9 Å². The highest BCUT2D eigenvalue weighted by Gasteiger charge is 2.03. The highest BCUT2D eigenvalue weighted by atomic mass is 35.5. The van der Waals surface area contributed by atoms with Crippen molar-refractivity contribution < 1.29 is 0 Å². The Kier molecular flexibility index (Phi) is 4.40. The molecule has 5 heteroatoms. The van der Waals surface area contributed by atoms with E-state index in [1.54, 1.807) is 18.5 Å². The van der Waals surface area contributed by atoms with Crippen LogP contribution in [0.3, 0.4) is 0 Å². The highest BCUT2D eigenvalue weighted by Crippen LogP contribution is 2.09. The normalized spacial score (nSPS) is 10.2. The minimum atomic E-state index is 0.496. The lowest BCUT2D eigenvalue weighted by Gasteiger charge is -2.04. The van der Waals surface area contributed by atoms with Crippen LogP contribution in [0.4, 0.5) is 0 Å². The van der Waals surface area contributed by atoms with Crippen molar-refractivity contribution in [2.75, 3.05) is 0 Å². The first kappa shape index (κ1) is 15.3. The molecule has 0 aromatic carbocycles. The molecule has 0 amide bonds. The smallest absolute Gasteiger partial charge is 0.131 e. The van der Waals surface area contributed by atoms with Crippen LogP contribution in [0.25, 0.3) is 0 Å². The van der Waals surface area contributed by atoms with Crippen LogP contribution in [0.5, 0.6) is 0 Å². The average molecular weight is 323 g/mol. The molecule has 3 heterocycles. The quantitative estimate of drug-likeness (QED) is 0.536. The fourth-order valence-electron chi connectivity index (χ4n) is 2.18. The van der Waals surface area contributed by atoms with Gasteiger partial charge in [0.05, 0.1) is 6.54 Å². The zero-order chi connectivity index (χ0) is 16.2. The van der Waals surface area contributed by atoms with Crippen molar-refractivity contribution in [2.45, 2.75) is 20.4 Å². The summed E-state index contributed by atoms with van der Waals surface area (Å²) in [7, 11) is 0. The minimum Gasteiger partial charge on any atom is -0.329 e. The molecule has 3 aromatic heterocycles. The van der Waals surface area contributed by atoms with Gasteiger partial charge in [-0.3, -0.25) is 4.98 Å². The van der Waals surface area contributed by atoms with Crippen LogP contribution in [0.2, 0.25) is 5.15 Å². The maximum absolute atomic E-state index is 5.81. The molecule has 3 aromatic rings. The lowest BCUT2D eigenvalue weighted by Crippen LogP contribution is -2.00. The summed E-state index contributed by atoms with van der Waals surface area (Å²) in [5.74, 6) is 7.13. The summed E-state index contributed by atoms with van der Waals surface area (Å²) in [6.07, 6.45) is 5.48. The Morgan fingerprint density at radius 1 is 1.13 bits per heavy atom. The Bertz CT molecular complexity index is 885. The second kappa shape index (κ2) is 6.64. The van der Waals surface area contributed by atoms with E-state index >= 15 is 0 Å². The number of hydrogen-bond donors (Lipinski definition) is 0. The molecule has 0 bridgehead atoms. The third-order valence-electron chi connectivity index (χ3n) is 3.35. The molecule has 0 aliphatic heterocycles. The van der Waals surface area contributed by atoms with E-state index in [1.807, 2.05) is 42.8 Å². The van der Waals surface area contributed by atoms with Gasteiger partial charge in [-0.1, -0.05) is 23.6 Å². The predicted octanol–water partition coefficient (Wildman–Crippen LogP) is 3.39. The number of aromatic nitrogens is 4. The van der Waals surface area contributed by atoms with Crippen molar-refractivity contribution in [3.05, 3.63) is 76.3 Å². The third-order valence-corrected chi connectivity index (χ3v) is 3.57. The Balaban J connectivity index is 1.80. The van der Waals surface area contributed by atoms with Gasteiger partial charge in [0.1, 0.15) is 16.7 Å². The Morgan fingerprint density at radius 3 is 2.74 bits per heavy atom. The number of rotatable bonds is 2. The van der Waals surface area contributed by atoms with E-state index in [0.29, 0.717) is 11.7 Å². The molecule has 0 aliphatic rings. The van der Waals surface area contributed by atoms with Crippen molar-refractivity contribution in [2.24, 2.45) is 0 Å². The van der Waals surface area contributed by atoms with Gasteiger partial charge >= 0.3 is 0 Å². The van der Waals surface area contributed by atoms with Crippen molar-refractivity contribution in [1.82, 2.24) is 19.5 Å². The first-order chi connectivity index (χ1) is 11.1. The number of nitrogens with zero attached hydrogens (tertiary/aromatic N) is 4. The fourth-order valence-corrected chi connectivity index (χ4v) is 2.30. The maximum atomic E-state index is 5.81. The Labute approximate surface area is 140 Å². The topological polar surface area (TPSA) is 43.6 Å². The molecule has 0 N–H and O–H groups in total. The second-order valence-corrected chi connectivity index (χ2v) is 5.61. The zero-order valence-electron chi connectivity index (χ0n) is 12.9. The molecular weight excluding hydrogens is 308 g/mol. The second-order valence-electron chi connectivity index (χ2n) is 5.23. The van der Waals surface area contributed by atoms with E-state index in [9.17, 15) is 0 Å². The van der Waals surface area contributed by atoms with Crippen LogP contribution in [0.1, 0.15) is 28.3 Å². The number of pyridine rings is 2. The molecule has 0 saturated carbocycles. The SMILES string of the molecule is Cc1cc(C#Cc2cn(Cc3ccc(Cl)nc3)c(C)n2)ccn1. The van der Waals surface area contributed by atoms with Crippen LogP contribution >= 0.6 is 11.6 Å². The molecular formula is C18H15ClN4. The van der Waals surface area contributed by atoms with Gasteiger partial charge in [-0.05, 0) is 43.5 Å². The maximum Gasteiger partial charge on any atom is 0.131 e. The summed E-state index contributed by atoms with van der Waals surface area (Å²) in [4.78, 5) is 12.7. The van der Waals surface area contributed by atoms with Gasteiger partial charge in [-0.15, -0.1) is 0 Å². The van der Waals surface area contributed by atoms with Gasteiger partial charge in [-0.2, -0.15) is 0 Å². The molecule has 0 unspecified atom stereocenters. The third kappa shape index (κ3) is 3.97. The van der Waals surface area contributed by atoms with Gasteiger partial charge in [0.2, 0.25) is 0 Å². The molecule has 23 heavy (non-hydrogen) atoms. The largest absolute Gasteiger partial charge is 0.329 e. The van der Waals surface area contributed by atoms with E-state index < -0.39 is 0 Å². The van der Waals surface area contributed by atoms with E-state index in [4.69, 9.17) is 11.6 Å².